The van der Waals surface area contributed by atoms with E-state index in [-0.39, 0.29) is 24.7 Å². The molecule has 0 saturated heterocycles. The van der Waals surface area contributed by atoms with Crippen molar-refractivity contribution in [1.82, 2.24) is 14.8 Å². The highest BCUT2D eigenvalue weighted by Gasteiger charge is 2.27. The molecule has 0 aromatic carbocycles. The van der Waals surface area contributed by atoms with Crippen LogP contribution in [0.15, 0.2) is 0 Å². The molecule has 1 N–H and O–H groups in total. The third kappa shape index (κ3) is 2.69. The van der Waals surface area contributed by atoms with Crippen LogP contribution in [-0.2, 0) is 20.1 Å². The Morgan fingerprint density at radius 3 is 2.29 bits per heavy atom. The fourth-order valence-electron chi connectivity index (χ4n) is 1.01. The van der Waals surface area contributed by atoms with Crippen molar-refractivity contribution in [1.29, 1.82) is 0 Å². The molecular weight excluding hydrogens is 199 g/mol. The van der Waals surface area contributed by atoms with Crippen molar-refractivity contribution in [3.05, 3.63) is 11.6 Å². The second-order valence-corrected chi connectivity index (χ2v) is 2.86. The molecule has 0 unspecified atom stereocenters. The van der Waals surface area contributed by atoms with Crippen LogP contribution in [-0.4, -0.2) is 26.0 Å². The molecule has 14 heavy (non-hydrogen) atoms. The first-order chi connectivity index (χ1) is 6.44. The highest BCUT2D eigenvalue weighted by Crippen LogP contribution is 2.21. The lowest BCUT2D eigenvalue weighted by Crippen LogP contribution is -2.11. The van der Waals surface area contributed by atoms with Crippen LogP contribution in [0.5, 0.6) is 0 Å². The fraction of sp³-hybridized carbons (Fsp3) is 0.714. The van der Waals surface area contributed by atoms with E-state index in [1.165, 1.54) is 11.6 Å². The van der Waals surface area contributed by atoms with Crippen LogP contribution in [0.1, 0.15) is 18.1 Å². The van der Waals surface area contributed by atoms with Crippen molar-refractivity contribution >= 4 is 0 Å². The molecule has 1 heterocycles. The fourth-order valence-corrected chi connectivity index (χ4v) is 1.01. The Hall–Kier alpha value is -1.11. The number of alkyl halides is 3. The summed E-state index contributed by atoms with van der Waals surface area (Å²) >= 11 is 0. The van der Waals surface area contributed by atoms with E-state index < -0.39 is 12.6 Å². The van der Waals surface area contributed by atoms with Gasteiger partial charge in [-0.05, 0) is 0 Å². The molecule has 7 heteroatoms. The maximum Gasteiger partial charge on any atom is 0.389 e. The molecule has 1 aromatic heterocycles. The Morgan fingerprint density at radius 2 is 1.86 bits per heavy atom. The number of aliphatic hydroxyl groups is 1. The zero-order chi connectivity index (χ0) is 10.8. The molecule has 0 amide bonds. The van der Waals surface area contributed by atoms with E-state index in [1.54, 1.807) is 0 Å². The third-order valence-electron chi connectivity index (χ3n) is 1.83. The monoisotopic (exact) mass is 209 g/mol. The van der Waals surface area contributed by atoms with Crippen molar-refractivity contribution in [3.8, 4) is 0 Å². The van der Waals surface area contributed by atoms with Gasteiger partial charge in [-0.15, -0.1) is 10.2 Å². The number of rotatable bonds is 3. The zero-order valence-electron chi connectivity index (χ0n) is 7.54. The molecule has 0 aliphatic carbocycles. The van der Waals surface area contributed by atoms with Gasteiger partial charge in [-0.1, -0.05) is 0 Å². The summed E-state index contributed by atoms with van der Waals surface area (Å²) in [6.45, 7) is -0.324. The van der Waals surface area contributed by atoms with Gasteiger partial charge < -0.3 is 9.67 Å². The third-order valence-corrected chi connectivity index (χ3v) is 1.83. The van der Waals surface area contributed by atoms with Crippen molar-refractivity contribution in [2.75, 3.05) is 0 Å². The van der Waals surface area contributed by atoms with E-state index in [9.17, 15) is 13.2 Å². The van der Waals surface area contributed by atoms with E-state index in [1.807, 2.05) is 0 Å². The molecule has 0 fully saturated rings. The number of hydrogen-bond acceptors (Lipinski definition) is 3. The minimum absolute atomic E-state index is 0.215. The van der Waals surface area contributed by atoms with Crippen molar-refractivity contribution in [2.24, 2.45) is 7.05 Å². The molecule has 0 aliphatic rings. The smallest absolute Gasteiger partial charge is 0.388 e. The lowest BCUT2D eigenvalue weighted by atomic mass is 10.3. The summed E-state index contributed by atoms with van der Waals surface area (Å²) < 4.78 is 36.9. The first-order valence-corrected chi connectivity index (χ1v) is 3.99. The van der Waals surface area contributed by atoms with E-state index in [2.05, 4.69) is 10.2 Å². The zero-order valence-corrected chi connectivity index (χ0v) is 7.54. The lowest BCUT2D eigenvalue weighted by Gasteiger charge is -2.05. The molecule has 0 radical (unpaired) electrons. The molecular formula is C7H10F3N3O. The lowest BCUT2D eigenvalue weighted by molar-refractivity contribution is -0.134. The Kier molecular flexibility index (Phi) is 3.10. The Labute approximate surface area is 78.4 Å². The standard InChI is InChI=1S/C7H10F3N3O/c1-13-5(2-3-7(8,9)10)11-12-6(13)4-14/h14H,2-4H2,1H3. The molecule has 0 saturated carbocycles. The average Bonchev–Trinajstić information content (AvgIpc) is 2.42. The Morgan fingerprint density at radius 1 is 1.29 bits per heavy atom. The summed E-state index contributed by atoms with van der Waals surface area (Å²) in [6, 6.07) is 0. The summed E-state index contributed by atoms with van der Waals surface area (Å²) in [6.07, 6.45) is -5.33. The van der Waals surface area contributed by atoms with E-state index in [0.29, 0.717) is 0 Å². The van der Waals surface area contributed by atoms with Gasteiger partial charge in [0, 0.05) is 13.5 Å². The van der Waals surface area contributed by atoms with Crippen LogP contribution in [0, 0.1) is 0 Å². The van der Waals surface area contributed by atoms with Gasteiger partial charge >= 0.3 is 6.18 Å². The molecule has 0 aliphatic heterocycles. The van der Waals surface area contributed by atoms with Gasteiger partial charge in [-0.25, -0.2) is 0 Å². The summed E-state index contributed by atoms with van der Waals surface area (Å²) in [4.78, 5) is 0. The number of aliphatic hydroxyl groups excluding tert-OH is 1. The molecule has 0 atom stereocenters. The number of aromatic nitrogens is 3. The number of nitrogens with zero attached hydrogens (tertiary/aromatic N) is 3. The van der Waals surface area contributed by atoms with Crippen LogP contribution < -0.4 is 0 Å². The molecule has 1 rings (SSSR count). The van der Waals surface area contributed by atoms with E-state index >= 15 is 0 Å². The minimum Gasteiger partial charge on any atom is -0.388 e. The van der Waals surface area contributed by atoms with Crippen molar-refractivity contribution in [3.63, 3.8) is 0 Å². The maximum absolute atomic E-state index is 11.9. The van der Waals surface area contributed by atoms with Crippen LogP contribution in [0.4, 0.5) is 13.2 Å². The average molecular weight is 209 g/mol. The maximum atomic E-state index is 11.9. The normalized spacial score (nSPS) is 12.1. The quantitative estimate of drug-likeness (QED) is 0.801. The molecule has 0 spiro atoms. The van der Waals surface area contributed by atoms with Gasteiger partial charge in [0.15, 0.2) is 5.82 Å². The van der Waals surface area contributed by atoms with Crippen molar-refractivity contribution < 1.29 is 18.3 Å². The van der Waals surface area contributed by atoms with Gasteiger partial charge in [0.1, 0.15) is 12.4 Å². The minimum atomic E-state index is -4.19. The van der Waals surface area contributed by atoms with Crippen molar-refractivity contribution in [2.45, 2.75) is 25.6 Å². The highest BCUT2D eigenvalue weighted by molar-refractivity contribution is 4.93. The van der Waals surface area contributed by atoms with Crippen LogP contribution in [0.25, 0.3) is 0 Å². The SMILES string of the molecule is Cn1c(CO)nnc1CCC(F)(F)F. The molecule has 0 bridgehead atoms. The Bertz CT molecular complexity index is 308. The second kappa shape index (κ2) is 3.95. The number of aryl methyl sites for hydroxylation is 1. The first kappa shape index (κ1) is 11.0. The van der Waals surface area contributed by atoms with Crippen LogP contribution in [0.3, 0.4) is 0 Å². The van der Waals surface area contributed by atoms with Crippen LogP contribution in [0.2, 0.25) is 0 Å². The van der Waals surface area contributed by atoms with Gasteiger partial charge in [-0.2, -0.15) is 13.2 Å². The van der Waals surface area contributed by atoms with Crippen LogP contribution >= 0.6 is 0 Å². The highest BCUT2D eigenvalue weighted by atomic mass is 19.4. The predicted molar refractivity (Wildman–Crippen MR) is 41.3 cm³/mol. The Balaban J connectivity index is 2.64. The molecule has 80 valence electrons. The van der Waals surface area contributed by atoms with E-state index in [0.717, 1.165) is 0 Å². The second-order valence-electron chi connectivity index (χ2n) is 2.86. The summed E-state index contributed by atoms with van der Waals surface area (Å²) in [5, 5.41) is 15.8. The number of hydrogen-bond donors (Lipinski definition) is 1. The summed E-state index contributed by atoms with van der Waals surface area (Å²) in [5.41, 5.74) is 0. The van der Waals surface area contributed by atoms with E-state index in [4.69, 9.17) is 5.11 Å². The van der Waals surface area contributed by atoms with Gasteiger partial charge in [-0.3, -0.25) is 0 Å². The number of halogens is 3. The van der Waals surface area contributed by atoms with Gasteiger partial charge in [0.05, 0.1) is 6.42 Å². The summed E-state index contributed by atoms with van der Waals surface area (Å²) in [7, 11) is 1.53. The first-order valence-electron chi connectivity index (χ1n) is 3.99. The largest absolute Gasteiger partial charge is 0.389 e. The van der Waals surface area contributed by atoms with Gasteiger partial charge in [0.2, 0.25) is 0 Å². The molecule has 1 aromatic rings. The topological polar surface area (TPSA) is 50.9 Å². The molecule has 4 nitrogen and oxygen atoms in total. The van der Waals surface area contributed by atoms with Gasteiger partial charge in [0.25, 0.3) is 0 Å². The summed E-state index contributed by atoms with van der Waals surface area (Å²) in [5.74, 6) is 0.494. The predicted octanol–water partition coefficient (Wildman–Crippen LogP) is 0.802.